The number of fused-ring (bicyclic) bond motifs is 1. The number of benzene rings is 1. The van der Waals surface area contributed by atoms with Crippen LogP contribution >= 0.6 is 0 Å². The first-order valence-electron chi connectivity index (χ1n) is 10.2. The number of ether oxygens (including phenoxy) is 1. The van der Waals surface area contributed by atoms with E-state index in [1.54, 1.807) is 0 Å². The standard InChI is InChI=1S/C21H26F2N2O4/c22-16-3-1-2-15(20(16)23)21(28)24-17-6-13-8-25(10-19(26)27)9-14(13)7-18(17)29-11-12-4-5-12/h1-3,12-14,17-18H,4-11H2,(H,24,28)(H,26,27)/t13-,14+,17-,18-/m0/s1. The van der Waals surface area contributed by atoms with Crippen molar-refractivity contribution >= 4 is 11.9 Å². The van der Waals surface area contributed by atoms with E-state index in [4.69, 9.17) is 9.84 Å². The first-order chi connectivity index (χ1) is 13.9. The number of carbonyl (C=O) groups excluding carboxylic acids is 1. The number of hydrogen-bond acceptors (Lipinski definition) is 4. The first kappa shape index (κ1) is 20.2. The van der Waals surface area contributed by atoms with Crippen molar-refractivity contribution in [1.82, 2.24) is 10.2 Å². The van der Waals surface area contributed by atoms with Gasteiger partial charge in [-0.3, -0.25) is 14.5 Å². The van der Waals surface area contributed by atoms with Crippen molar-refractivity contribution in [3.05, 3.63) is 35.4 Å². The molecule has 158 valence electrons. The van der Waals surface area contributed by atoms with E-state index >= 15 is 0 Å². The molecule has 0 aromatic heterocycles. The molecule has 3 fully saturated rings. The summed E-state index contributed by atoms with van der Waals surface area (Å²) >= 11 is 0. The molecule has 8 heteroatoms. The summed E-state index contributed by atoms with van der Waals surface area (Å²) < 4.78 is 33.6. The molecule has 6 nitrogen and oxygen atoms in total. The van der Waals surface area contributed by atoms with Crippen LogP contribution in [0.15, 0.2) is 18.2 Å². The van der Waals surface area contributed by atoms with Gasteiger partial charge in [0.25, 0.3) is 5.91 Å². The maximum absolute atomic E-state index is 14.0. The molecule has 0 unspecified atom stereocenters. The lowest BCUT2D eigenvalue weighted by Gasteiger charge is -2.38. The van der Waals surface area contributed by atoms with Crippen LogP contribution in [-0.4, -0.2) is 60.3 Å². The Balaban J connectivity index is 1.45. The fraction of sp³-hybridized carbons (Fsp3) is 0.619. The summed E-state index contributed by atoms with van der Waals surface area (Å²) in [5.74, 6) is -2.57. The number of aliphatic carboxylic acids is 1. The summed E-state index contributed by atoms with van der Waals surface area (Å²) in [7, 11) is 0. The zero-order valence-corrected chi connectivity index (χ0v) is 16.2. The Bertz CT molecular complexity index is 786. The molecule has 4 atom stereocenters. The van der Waals surface area contributed by atoms with Crippen LogP contribution in [0, 0.1) is 29.4 Å². The van der Waals surface area contributed by atoms with Gasteiger partial charge >= 0.3 is 5.97 Å². The Morgan fingerprint density at radius 2 is 1.90 bits per heavy atom. The zero-order valence-electron chi connectivity index (χ0n) is 16.2. The summed E-state index contributed by atoms with van der Waals surface area (Å²) in [6.45, 7) is 2.01. The van der Waals surface area contributed by atoms with Gasteiger partial charge in [0, 0.05) is 19.7 Å². The minimum absolute atomic E-state index is 0.00608. The Hall–Kier alpha value is -2.06. The molecule has 1 amide bonds. The molecule has 0 spiro atoms. The van der Waals surface area contributed by atoms with Crippen LogP contribution in [0.3, 0.4) is 0 Å². The van der Waals surface area contributed by atoms with Gasteiger partial charge in [-0.15, -0.1) is 0 Å². The van der Waals surface area contributed by atoms with Crippen LogP contribution in [0.5, 0.6) is 0 Å². The predicted octanol–water partition coefficient (Wildman–Crippen LogP) is 2.28. The van der Waals surface area contributed by atoms with Crippen molar-refractivity contribution in [2.45, 2.75) is 37.8 Å². The Kier molecular flexibility index (Phi) is 5.83. The normalized spacial score (nSPS) is 29.4. The van der Waals surface area contributed by atoms with Crippen molar-refractivity contribution in [3.8, 4) is 0 Å². The van der Waals surface area contributed by atoms with Crippen molar-refractivity contribution in [2.75, 3.05) is 26.2 Å². The summed E-state index contributed by atoms with van der Waals surface area (Å²) in [5.41, 5.74) is -0.313. The Morgan fingerprint density at radius 3 is 2.59 bits per heavy atom. The minimum atomic E-state index is -1.15. The maximum Gasteiger partial charge on any atom is 0.317 e. The number of carboxylic acid groups (broad SMARTS) is 1. The van der Waals surface area contributed by atoms with E-state index in [0.29, 0.717) is 38.0 Å². The second-order valence-corrected chi connectivity index (χ2v) is 8.58. The van der Waals surface area contributed by atoms with E-state index in [0.717, 1.165) is 25.3 Å². The van der Waals surface area contributed by atoms with E-state index in [-0.39, 0.29) is 30.2 Å². The number of rotatable bonds is 7. The lowest BCUT2D eigenvalue weighted by Crippen LogP contribution is -2.50. The molecule has 1 heterocycles. The van der Waals surface area contributed by atoms with Gasteiger partial charge in [0.15, 0.2) is 11.6 Å². The van der Waals surface area contributed by atoms with E-state index < -0.39 is 23.5 Å². The van der Waals surface area contributed by atoms with Gasteiger partial charge in [-0.05, 0) is 55.6 Å². The quantitative estimate of drug-likeness (QED) is 0.724. The molecule has 1 aromatic carbocycles. The molecule has 29 heavy (non-hydrogen) atoms. The molecule has 2 saturated carbocycles. The summed E-state index contributed by atoms with van der Waals surface area (Å²) in [6.07, 6.45) is 3.46. The average molecular weight is 408 g/mol. The topological polar surface area (TPSA) is 78.9 Å². The molecule has 2 aliphatic carbocycles. The second kappa shape index (κ2) is 8.36. The van der Waals surface area contributed by atoms with Gasteiger partial charge in [0.1, 0.15) is 0 Å². The van der Waals surface area contributed by atoms with Crippen molar-refractivity contribution in [3.63, 3.8) is 0 Å². The summed E-state index contributed by atoms with van der Waals surface area (Å²) in [5, 5.41) is 11.9. The van der Waals surface area contributed by atoms with E-state index in [2.05, 4.69) is 5.32 Å². The third-order valence-electron chi connectivity index (χ3n) is 6.31. The van der Waals surface area contributed by atoms with Gasteiger partial charge < -0.3 is 15.2 Å². The molecule has 4 rings (SSSR count). The molecule has 0 bridgehead atoms. The number of halogens is 2. The fourth-order valence-corrected chi connectivity index (χ4v) is 4.64. The largest absolute Gasteiger partial charge is 0.480 e. The third-order valence-corrected chi connectivity index (χ3v) is 6.31. The van der Waals surface area contributed by atoms with Gasteiger partial charge in [-0.25, -0.2) is 8.78 Å². The molecule has 1 aromatic rings. The summed E-state index contributed by atoms with van der Waals surface area (Å²) in [4.78, 5) is 25.6. The van der Waals surface area contributed by atoms with Crippen LogP contribution in [0.1, 0.15) is 36.0 Å². The molecule has 2 N–H and O–H groups in total. The van der Waals surface area contributed by atoms with Crippen LogP contribution in [0.2, 0.25) is 0 Å². The maximum atomic E-state index is 14.0. The van der Waals surface area contributed by atoms with Gasteiger partial charge in [-0.2, -0.15) is 0 Å². The summed E-state index contributed by atoms with van der Waals surface area (Å²) in [6, 6.07) is 3.25. The average Bonchev–Trinajstić information content (AvgIpc) is 3.41. The second-order valence-electron chi connectivity index (χ2n) is 8.58. The number of nitrogens with zero attached hydrogens (tertiary/aromatic N) is 1. The van der Waals surface area contributed by atoms with Gasteiger partial charge in [0.2, 0.25) is 0 Å². The van der Waals surface area contributed by atoms with Crippen molar-refractivity contribution in [1.29, 1.82) is 0 Å². The smallest absolute Gasteiger partial charge is 0.317 e. The highest BCUT2D eigenvalue weighted by molar-refractivity contribution is 5.94. The van der Waals surface area contributed by atoms with E-state index in [1.807, 2.05) is 4.90 Å². The Labute approximate surface area is 168 Å². The minimum Gasteiger partial charge on any atom is -0.480 e. The SMILES string of the molecule is O=C(O)CN1C[C@H]2C[C@H](OCC3CC3)[C@@H](NC(=O)c3cccc(F)c3F)C[C@H]2C1. The predicted molar refractivity (Wildman–Crippen MR) is 100 cm³/mol. The van der Waals surface area contributed by atoms with Crippen LogP contribution in [0.4, 0.5) is 8.78 Å². The van der Waals surface area contributed by atoms with E-state index in [9.17, 15) is 18.4 Å². The molecule has 3 aliphatic rings. The molecule has 1 saturated heterocycles. The monoisotopic (exact) mass is 408 g/mol. The Morgan fingerprint density at radius 1 is 1.17 bits per heavy atom. The zero-order chi connectivity index (χ0) is 20.5. The highest BCUT2D eigenvalue weighted by Gasteiger charge is 2.44. The molecular formula is C21H26F2N2O4. The number of hydrogen-bond donors (Lipinski definition) is 2. The van der Waals surface area contributed by atoms with Crippen molar-refractivity contribution < 1.29 is 28.2 Å². The van der Waals surface area contributed by atoms with Gasteiger partial charge in [0.05, 0.1) is 24.3 Å². The lowest BCUT2D eigenvalue weighted by atomic mass is 9.77. The highest BCUT2D eigenvalue weighted by atomic mass is 19.2. The van der Waals surface area contributed by atoms with Crippen LogP contribution in [-0.2, 0) is 9.53 Å². The van der Waals surface area contributed by atoms with Crippen LogP contribution in [0.25, 0.3) is 0 Å². The van der Waals surface area contributed by atoms with E-state index in [1.165, 1.54) is 12.1 Å². The van der Waals surface area contributed by atoms with Crippen molar-refractivity contribution in [2.24, 2.45) is 17.8 Å². The lowest BCUT2D eigenvalue weighted by molar-refractivity contribution is -0.138. The molecular weight excluding hydrogens is 382 g/mol. The number of likely N-dealkylation sites (tertiary alicyclic amines) is 1. The fourth-order valence-electron chi connectivity index (χ4n) is 4.64. The number of carboxylic acids is 1. The number of nitrogens with one attached hydrogen (secondary N) is 1. The van der Waals surface area contributed by atoms with Gasteiger partial charge in [-0.1, -0.05) is 6.07 Å². The highest BCUT2D eigenvalue weighted by Crippen LogP contribution is 2.39. The van der Waals surface area contributed by atoms with Crippen LogP contribution < -0.4 is 5.32 Å². The molecule has 1 aliphatic heterocycles. The molecule has 0 radical (unpaired) electrons. The number of amides is 1. The third kappa shape index (κ3) is 4.75. The first-order valence-corrected chi connectivity index (χ1v) is 10.2. The number of carbonyl (C=O) groups is 2.